The van der Waals surface area contributed by atoms with Gasteiger partial charge in [-0.25, -0.2) is 0 Å². The van der Waals surface area contributed by atoms with Crippen LogP contribution in [0.3, 0.4) is 0 Å². The van der Waals surface area contributed by atoms with E-state index in [1.54, 1.807) is 0 Å². The molecule has 0 bridgehead atoms. The standard InChI is InChI=1S/C16H21N3O2/c1-19-16-4-2-3-15(14(16)11-17-19)18-12-5-7-13(8-6-12)21-10-9-20/h5-8,11,15,18,20H,2-4,9-10H2,1H3. The van der Waals surface area contributed by atoms with Crippen LogP contribution in [0.4, 0.5) is 5.69 Å². The number of aliphatic hydroxyl groups excluding tert-OH is 1. The van der Waals surface area contributed by atoms with Crippen molar-refractivity contribution in [2.45, 2.75) is 25.3 Å². The second-order valence-corrected chi connectivity index (χ2v) is 5.36. The number of fused-ring (bicyclic) bond motifs is 1. The molecule has 1 aromatic heterocycles. The van der Waals surface area contributed by atoms with Gasteiger partial charge in [0.05, 0.1) is 18.8 Å². The Morgan fingerprint density at radius 3 is 2.95 bits per heavy atom. The van der Waals surface area contributed by atoms with Gasteiger partial charge in [0.15, 0.2) is 0 Å². The largest absolute Gasteiger partial charge is 0.491 e. The number of nitrogens with zero attached hydrogens (tertiary/aromatic N) is 2. The Labute approximate surface area is 124 Å². The van der Waals surface area contributed by atoms with Gasteiger partial charge in [-0.2, -0.15) is 5.10 Å². The third-order valence-corrected chi connectivity index (χ3v) is 3.93. The van der Waals surface area contributed by atoms with E-state index in [0.29, 0.717) is 12.6 Å². The minimum atomic E-state index is 0.0336. The second kappa shape index (κ2) is 6.18. The zero-order valence-corrected chi connectivity index (χ0v) is 12.2. The topological polar surface area (TPSA) is 59.3 Å². The number of hydrogen-bond donors (Lipinski definition) is 2. The Hall–Kier alpha value is -2.01. The monoisotopic (exact) mass is 287 g/mol. The third kappa shape index (κ3) is 3.03. The van der Waals surface area contributed by atoms with E-state index >= 15 is 0 Å². The number of aromatic nitrogens is 2. The molecule has 1 atom stereocenters. The fourth-order valence-corrected chi connectivity index (χ4v) is 2.87. The first-order valence-electron chi connectivity index (χ1n) is 7.39. The van der Waals surface area contributed by atoms with Gasteiger partial charge in [-0.05, 0) is 43.5 Å². The molecule has 112 valence electrons. The van der Waals surface area contributed by atoms with E-state index in [1.807, 2.05) is 42.2 Å². The molecule has 5 heteroatoms. The first-order chi connectivity index (χ1) is 10.3. The SMILES string of the molecule is Cn1ncc2c1CCCC2Nc1ccc(OCCO)cc1. The van der Waals surface area contributed by atoms with Crippen molar-refractivity contribution in [3.63, 3.8) is 0 Å². The summed E-state index contributed by atoms with van der Waals surface area (Å²) in [5.41, 5.74) is 3.72. The van der Waals surface area contributed by atoms with Gasteiger partial charge in [-0.1, -0.05) is 0 Å². The minimum absolute atomic E-state index is 0.0336. The Kier molecular flexibility index (Phi) is 4.10. The highest BCUT2D eigenvalue weighted by molar-refractivity contribution is 5.49. The smallest absolute Gasteiger partial charge is 0.119 e. The number of hydrogen-bond acceptors (Lipinski definition) is 4. The average molecular weight is 287 g/mol. The molecule has 3 rings (SSSR count). The van der Waals surface area contributed by atoms with E-state index in [2.05, 4.69) is 10.4 Å². The highest BCUT2D eigenvalue weighted by Crippen LogP contribution is 2.32. The first-order valence-corrected chi connectivity index (χ1v) is 7.39. The molecule has 0 saturated heterocycles. The van der Waals surface area contributed by atoms with Crippen molar-refractivity contribution in [3.8, 4) is 5.75 Å². The number of aliphatic hydroxyl groups is 1. The van der Waals surface area contributed by atoms with E-state index in [0.717, 1.165) is 24.3 Å². The zero-order valence-electron chi connectivity index (χ0n) is 12.2. The van der Waals surface area contributed by atoms with Crippen LogP contribution in [0, 0.1) is 0 Å². The normalized spacial score (nSPS) is 17.3. The highest BCUT2D eigenvalue weighted by Gasteiger charge is 2.23. The highest BCUT2D eigenvalue weighted by atomic mass is 16.5. The molecule has 1 unspecified atom stereocenters. The average Bonchev–Trinajstić information content (AvgIpc) is 2.89. The maximum Gasteiger partial charge on any atom is 0.119 e. The van der Waals surface area contributed by atoms with Gasteiger partial charge in [-0.3, -0.25) is 4.68 Å². The number of nitrogens with one attached hydrogen (secondary N) is 1. The molecule has 2 aromatic rings. The van der Waals surface area contributed by atoms with E-state index in [1.165, 1.54) is 17.7 Å². The van der Waals surface area contributed by atoms with Crippen LogP contribution in [0.25, 0.3) is 0 Å². The molecule has 1 aromatic carbocycles. The molecule has 0 radical (unpaired) electrons. The molecular formula is C16H21N3O2. The molecule has 21 heavy (non-hydrogen) atoms. The summed E-state index contributed by atoms with van der Waals surface area (Å²) in [4.78, 5) is 0. The fraction of sp³-hybridized carbons (Fsp3) is 0.438. The Morgan fingerprint density at radius 1 is 1.38 bits per heavy atom. The third-order valence-electron chi connectivity index (χ3n) is 3.93. The van der Waals surface area contributed by atoms with E-state index in [-0.39, 0.29) is 6.61 Å². The van der Waals surface area contributed by atoms with Crippen LogP contribution in [0.2, 0.25) is 0 Å². The number of ether oxygens (including phenoxy) is 1. The van der Waals surface area contributed by atoms with Gasteiger partial charge in [0.1, 0.15) is 12.4 Å². The number of anilines is 1. The van der Waals surface area contributed by atoms with Crippen molar-refractivity contribution in [3.05, 3.63) is 41.7 Å². The van der Waals surface area contributed by atoms with Crippen molar-refractivity contribution >= 4 is 5.69 Å². The predicted octanol–water partition coefficient (Wildman–Crippen LogP) is 2.28. The molecule has 0 fully saturated rings. The van der Waals surface area contributed by atoms with E-state index in [4.69, 9.17) is 9.84 Å². The minimum Gasteiger partial charge on any atom is -0.491 e. The maximum absolute atomic E-state index is 8.75. The maximum atomic E-state index is 8.75. The fourth-order valence-electron chi connectivity index (χ4n) is 2.87. The molecule has 0 aliphatic heterocycles. The van der Waals surface area contributed by atoms with Crippen molar-refractivity contribution in [1.29, 1.82) is 0 Å². The zero-order chi connectivity index (χ0) is 14.7. The molecule has 2 N–H and O–H groups in total. The van der Waals surface area contributed by atoms with E-state index in [9.17, 15) is 0 Å². The molecule has 0 saturated carbocycles. The Morgan fingerprint density at radius 2 is 2.19 bits per heavy atom. The van der Waals surface area contributed by atoms with Crippen molar-refractivity contribution in [1.82, 2.24) is 9.78 Å². The Bertz CT molecular complexity index is 592. The summed E-state index contributed by atoms with van der Waals surface area (Å²) in [6.07, 6.45) is 5.40. The summed E-state index contributed by atoms with van der Waals surface area (Å²) in [6, 6.07) is 8.19. The van der Waals surface area contributed by atoms with Crippen LogP contribution < -0.4 is 10.1 Å². The predicted molar refractivity (Wildman–Crippen MR) is 81.5 cm³/mol. The van der Waals surface area contributed by atoms with Crippen LogP contribution in [0.1, 0.15) is 30.1 Å². The quantitative estimate of drug-likeness (QED) is 0.886. The number of benzene rings is 1. The van der Waals surface area contributed by atoms with Gasteiger partial charge < -0.3 is 15.2 Å². The summed E-state index contributed by atoms with van der Waals surface area (Å²) in [6.45, 7) is 0.361. The summed E-state index contributed by atoms with van der Waals surface area (Å²) >= 11 is 0. The lowest BCUT2D eigenvalue weighted by atomic mass is 9.93. The molecule has 1 aliphatic carbocycles. The van der Waals surface area contributed by atoms with Crippen molar-refractivity contribution in [2.75, 3.05) is 18.5 Å². The van der Waals surface area contributed by atoms with Gasteiger partial charge in [0.2, 0.25) is 0 Å². The lowest BCUT2D eigenvalue weighted by molar-refractivity contribution is 0.201. The van der Waals surface area contributed by atoms with Gasteiger partial charge in [0.25, 0.3) is 0 Å². The van der Waals surface area contributed by atoms with Crippen LogP contribution in [0.15, 0.2) is 30.5 Å². The summed E-state index contributed by atoms with van der Waals surface area (Å²) in [5, 5.41) is 16.7. The number of rotatable bonds is 5. The van der Waals surface area contributed by atoms with Crippen LogP contribution in [-0.2, 0) is 13.5 Å². The molecule has 0 amide bonds. The molecule has 1 aliphatic rings. The second-order valence-electron chi connectivity index (χ2n) is 5.36. The lowest BCUT2D eigenvalue weighted by Gasteiger charge is -2.24. The molecule has 1 heterocycles. The van der Waals surface area contributed by atoms with Crippen molar-refractivity contribution in [2.24, 2.45) is 7.05 Å². The van der Waals surface area contributed by atoms with Crippen molar-refractivity contribution < 1.29 is 9.84 Å². The lowest BCUT2D eigenvalue weighted by Crippen LogP contribution is -2.17. The first kappa shape index (κ1) is 13.9. The molecular weight excluding hydrogens is 266 g/mol. The van der Waals surface area contributed by atoms with Gasteiger partial charge in [0, 0.05) is 24.0 Å². The Balaban J connectivity index is 1.69. The van der Waals surface area contributed by atoms with Gasteiger partial charge >= 0.3 is 0 Å². The summed E-state index contributed by atoms with van der Waals surface area (Å²) in [5.74, 6) is 0.778. The summed E-state index contributed by atoms with van der Waals surface area (Å²) < 4.78 is 7.35. The summed E-state index contributed by atoms with van der Waals surface area (Å²) in [7, 11) is 2.01. The molecule has 0 spiro atoms. The number of aryl methyl sites for hydroxylation is 1. The van der Waals surface area contributed by atoms with Gasteiger partial charge in [-0.15, -0.1) is 0 Å². The van der Waals surface area contributed by atoms with Crippen LogP contribution in [0.5, 0.6) is 5.75 Å². The molecule has 5 nitrogen and oxygen atoms in total. The van der Waals surface area contributed by atoms with E-state index < -0.39 is 0 Å². The van der Waals surface area contributed by atoms with Crippen LogP contribution in [-0.4, -0.2) is 28.1 Å². The van der Waals surface area contributed by atoms with Crippen LogP contribution >= 0.6 is 0 Å².